The number of thiophene rings is 1. The number of halogens is 1. The number of nitrogens with one attached hydrogen (secondary N) is 2. The summed E-state index contributed by atoms with van der Waals surface area (Å²) in [6, 6.07) is 1.55. The maximum Gasteiger partial charge on any atom is 0.234 e. The summed E-state index contributed by atoms with van der Waals surface area (Å²) in [5, 5.41) is 7.53. The molecule has 8 heteroatoms. The van der Waals surface area contributed by atoms with Crippen LogP contribution in [0.3, 0.4) is 0 Å². The highest BCUT2D eigenvalue weighted by molar-refractivity contribution is 7.09. The monoisotopic (exact) mass is 337 g/mol. The molecule has 1 unspecified atom stereocenters. The fraction of sp³-hybridized carbons (Fsp3) is 0.467. The standard InChI is InChI=1S/C15H20FN5OS/c1-4-13(22)20-15-19-10(3)18-14(21-15)17-9(2)5-6-12-11(16)7-8-23-12/h7-9H,4-6H2,1-3H3,(H2,17,18,19,20,21,22). The van der Waals surface area contributed by atoms with Crippen molar-refractivity contribution in [2.75, 3.05) is 10.6 Å². The van der Waals surface area contributed by atoms with Gasteiger partial charge in [0.25, 0.3) is 0 Å². The van der Waals surface area contributed by atoms with E-state index in [0.717, 1.165) is 11.3 Å². The highest BCUT2D eigenvalue weighted by Crippen LogP contribution is 2.18. The third kappa shape index (κ3) is 5.24. The van der Waals surface area contributed by atoms with Gasteiger partial charge in [-0.3, -0.25) is 10.1 Å². The number of anilines is 2. The van der Waals surface area contributed by atoms with Crippen LogP contribution in [0.2, 0.25) is 0 Å². The minimum Gasteiger partial charge on any atom is -0.352 e. The summed E-state index contributed by atoms with van der Waals surface area (Å²) in [5.41, 5.74) is 0. The average Bonchev–Trinajstić information content (AvgIpc) is 2.89. The molecule has 0 bridgehead atoms. The Morgan fingerprint density at radius 2 is 2.09 bits per heavy atom. The first-order valence-electron chi connectivity index (χ1n) is 7.49. The zero-order valence-electron chi connectivity index (χ0n) is 13.4. The van der Waals surface area contributed by atoms with Crippen molar-refractivity contribution in [1.29, 1.82) is 0 Å². The van der Waals surface area contributed by atoms with E-state index in [-0.39, 0.29) is 23.7 Å². The van der Waals surface area contributed by atoms with E-state index in [1.54, 1.807) is 19.2 Å². The molecule has 0 aliphatic heterocycles. The van der Waals surface area contributed by atoms with Gasteiger partial charge in [-0.25, -0.2) is 4.39 Å². The van der Waals surface area contributed by atoms with Gasteiger partial charge in [0.1, 0.15) is 11.6 Å². The molecule has 124 valence electrons. The van der Waals surface area contributed by atoms with Crippen LogP contribution in [0.5, 0.6) is 0 Å². The fourth-order valence-electron chi connectivity index (χ4n) is 1.96. The Kier molecular flexibility index (Phi) is 5.97. The van der Waals surface area contributed by atoms with Crippen LogP contribution in [0, 0.1) is 12.7 Å². The molecular formula is C15H20FN5OS. The second kappa shape index (κ2) is 7.96. The van der Waals surface area contributed by atoms with E-state index < -0.39 is 0 Å². The van der Waals surface area contributed by atoms with Crippen molar-refractivity contribution in [1.82, 2.24) is 15.0 Å². The number of hydrogen-bond acceptors (Lipinski definition) is 6. The summed E-state index contributed by atoms with van der Waals surface area (Å²) in [4.78, 5) is 24.7. The minimum atomic E-state index is -0.150. The molecular weight excluding hydrogens is 317 g/mol. The molecule has 0 saturated heterocycles. The first-order valence-corrected chi connectivity index (χ1v) is 8.36. The van der Waals surface area contributed by atoms with Gasteiger partial charge >= 0.3 is 0 Å². The van der Waals surface area contributed by atoms with Crippen molar-refractivity contribution in [2.24, 2.45) is 0 Å². The molecule has 0 spiro atoms. The third-order valence-electron chi connectivity index (χ3n) is 3.19. The molecule has 2 aromatic heterocycles. The summed E-state index contributed by atoms with van der Waals surface area (Å²) >= 11 is 1.42. The topological polar surface area (TPSA) is 79.8 Å². The molecule has 0 aliphatic carbocycles. The summed E-state index contributed by atoms with van der Waals surface area (Å²) < 4.78 is 13.4. The Morgan fingerprint density at radius 3 is 2.74 bits per heavy atom. The van der Waals surface area contributed by atoms with Gasteiger partial charge in [0, 0.05) is 17.3 Å². The highest BCUT2D eigenvalue weighted by atomic mass is 32.1. The summed E-state index contributed by atoms with van der Waals surface area (Å²) in [7, 11) is 0. The number of aromatic nitrogens is 3. The van der Waals surface area contributed by atoms with Crippen LogP contribution >= 0.6 is 11.3 Å². The number of aryl methyl sites for hydroxylation is 2. The van der Waals surface area contributed by atoms with E-state index in [9.17, 15) is 9.18 Å². The Labute approximate surface area is 138 Å². The number of carbonyl (C=O) groups is 1. The van der Waals surface area contributed by atoms with E-state index >= 15 is 0 Å². The SMILES string of the molecule is CCC(=O)Nc1nc(C)nc(NC(C)CCc2sccc2F)n1. The van der Waals surface area contributed by atoms with Crippen molar-refractivity contribution in [2.45, 2.75) is 46.1 Å². The number of rotatable bonds is 7. The van der Waals surface area contributed by atoms with E-state index in [1.807, 2.05) is 6.92 Å². The van der Waals surface area contributed by atoms with Crippen LogP contribution in [0.15, 0.2) is 11.4 Å². The Bertz CT molecular complexity index is 676. The van der Waals surface area contributed by atoms with E-state index in [1.165, 1.54) is 17.4 Å². The second-order valence-corrected chi connectivity index (χ2v) is 6.21. The maximum absolute atomic E-state index is 13.4. The minimum absolute atomic E-state index is 0.0630. The number of amides is 1. The molecule has 0 radical (unpaired) electrons. The normalized spacial score (nSPS) is 12.0. The van der Waals surface area contributed by atoms with Gasteiger partial charge in [-0.05, 0) is 38.1 Å². The van der Waals surface area contributed by atoms with E-state index in [2.05, 4.69) is 25.6 Å². The Balaban J connectivity index is 1.95. The first-order chi connectivity index (χ1) is 11.0. The van der Waals surface area contributed by atoms with Crippen molar-refractivity contribution in [3.8, 4) is 0 Å². The molecule has 2 N–H and O–H groups in total. The summed E-state index contributed by atoms with van der Waals surface area (Å²) in [5.74, 6) is 0.863. The molecule has 0 saturated carbocycles. The van der Waals surface area contributed by atoms with Crippen LogP contribution in [0.1, 0.15) is 37.4 Å². The lowest BCUT2D eigenvalue weighted by Gasteiger charge is -2.14. The average molecular weight is 337 g/mol. The predicted octanol–water partition coefficient (Wildman–Crippen LogP) is 3.16. The van der Waals surface area contributed by atoms with Gasteiger partial charge < -0.3 is 5.32 Å². The lowest BCUT2D eigenvalue weighted by atomic mass is 10.1. The smallest absolute Gasteiger partial charge is 0.234 e. The lowest BCUT2D eigenvalue weighted by molar-refractivity contribution is -0.115. The van der Waals surface area contributed by atoms with E-state index in [4.69, 9.17) is 0 Å². The molecule has 0 aromatic carbocycles. The van der Waals surface area contributed by atoms with Crippen molar-refractivity contribution >= 4 is 29.1 Å². The van der Waals surface area contributed by atoms with Gasteiger partial charge in [0.15, 0.2) is 0 Å². The number of carbonyl (C=O) groups excluding carboxylic acids is 1. The number of nitrogens with zero attached hydrogens (tertiary/aromatic N) is 3. The largest absolute Gasteiger partial charge is 0.352 e. The van der Waals surface area contributed by atoms with Gasteiger partial charge in [-0.2, -0.15) is 15.0 Å². The van der Waals surface area contributed by atoms with Crippen LogP contribution < -0.4 is 10.6 Å². The molecule has 2 rings (SSSR count). The molecule has 0 aliphatic rings. The van der Waals surface area contributed by atoms with Gasteiger partial charge in [-0.15, -0.1) is 11.3 Å². The van der Waals surface area contributed by atoms with E-state index in [0.29, 0.717) is 24.6 Å². The van der Waals surface area contributed by atoms with Crippen molar-refractivity contribution in [3.05, 3.63) is 28.0 Å². The van der Waals surface area contributed by atoms with Crippen LogP contribution in [0.4, 0.5) is 16.3 Å². The molecule has 2 heterocycles. The summed E-state index contributed by atoms with van der Waals surface area (Å²) in [6.07, 6.45) is 1.76. The highest BCUT2D eigenvalue weighted by Gasteiger charge is 2.11. The van der Waals surface area contributed by atoms with Gasteiger partial charge in [-0.1, -0.05) is 6.92 Å². The van der Waals surface area contributed by atoms with Gasteiger partial charge in [0.2, 0.25) is 17.8 Å². The zero-order valence-corrected chi connectivity index (χ0v) is 14.2. The molecule has 1 amide bonds. The first kappa shape index (κ1) is 17.3. The third-order valence-corrected chi connectivity index (χ3v) is 4.15. The molecule has 23 heavy (non-hydrogen) atoms. The predicted molar refractivity (Wildman–Crippen MR) is 89.2 cm³/mol. The lowest BCUT2D eigenvalue weighted by Crippen LogP contribution is -2.20. The number of hydrogen-bond donors (Lipinski definition) is 2. The molecule has 0 fully saturated rings. The van der Waals surface area contributed by atoms with Crippen LogP contribution in [-0.2, 0) is 11.2 Å². The Morgan fingerprint density at radius 1 is 1.35 bits per heavy atom. The Hall–Kier alpha value is -2.09. The molecule has 6 nitrogen and oxygen atoms in total. The second-order valence-electron chi connectivity index (χ2n) is 5.21. The fourth-order valence-corrected chi connectivity index (χ4v) is 2.73. The van der Waals surface area contributed by atoms with Gasteiger partial charge in [0.05, 0.1) is 0 Å². The molecule has 1 atom stereocenters. The van der Waals surface area contributed by atoms with Crippen LogP contribution in [-0.4, -0.2) is 26.9 Å². The zero-order chi connectivity index (χ0) is 16.8. The van der Waals surface area contributed by atoms with Crippen LogP contribution in [0.25, 0.3) is 0 Å². The van der Waals surface area contributed by atoms with Crippen molar-refractivity contribution in [3.63, 3.8) is 0 Å². The summed E-state index contributed by atoms with van der Waals surface area (Å²) in [6.45, 7) is 5.48. The van der Waals surface area contributed by atoms with Crippen molar-refractivity contribution < 1.29 is 9.18 Å². The quantitative estimate of drug-likeness (QED) is 0.811. The maximum atomic E-state index is 13.4. The molecule has 2 aromatic rings.